The van der Waals surface area contributed by atoms with E-state index in [1.807, 2.05) is 0 Å². The highest BCUT2D eigenvalue weighted by molar-refractivity contribution is 8.00. The fourth-order valence-electron chi connectivity index (χ4n) is 1.74. The van der Waals surface area contributed by atoms with Gasteiger partial charge in [0.1, 0.15) is 5.71 Å². The molecule has 0 aliphatic carbocycles. The van der Waals surface area contributed by atoms with E-state index >= 15 is 0 Å². The molecule has 0 N–H and O–H groups in total. The van der Waals surface area contributed by atoms with Crippen molar-refractivity contribution < 1.29 is 14.5 Å². The van der Waals surface area contributed by atoms with Crippen LogP contribution in [0.5, 0.6) is 0 Å². The van der Waals surface area contributed by atoms with E-state index in [2.05, 4.69) is 4.99 Å². The lowest BCUT2D eigenvalue weighted by molar-refractivity contribution is -0.492. The Labute approximate surface area is 124 Å². The number of hydrogen-bond donors (Lipinski definition) is 0. The average molecular weight is 315 g/mol. The maximum Gasteiger partial charge on any atom is 0.388 e. The molecule has 0 aromatic heterocycles. The number of fused-ring (bicyclic) bond motifs is 1. The Balaban J connectivity index is 2.34. The zero-order chi connectivity index (χ0) is 14.7. The molecular weight excluding hydrogens is 304 g/mol. The first-order valence-electron chi connectivity index (χ1n) is 5.83. The molecule has 0 bridgehead atoms. The number of aliphatic imine (C=N–C) groups is 1. The van der Waals surface area contributed by atoms with Gasteiger partial charge in [-0.3, -0.25) is 10.1 Å². The number of ether oxygens (including phenoxy) is 1. The van der Waals surface area contributed by atoms with E-state index in [1.54, 1.807) is 25.1 Å². The number of esters is 1. The van der Waals surface area contributed by atoms with Crippen molar-refractivity contribution in [3.8, 4) is 0 Å². The van der Waals surface area contributed by atoms with Crippen molar-refractivity contribution >= 4 is 40.7 Å². The van der Waals surface area contributed by atoms with E-state index in [0.29, 0.717) is 10.7 Å². The minimum absolute atomic E-state index is 0.0930. The summed E-state index contributed by atoms with van der Waals surface area (Å²) in [5.41, 5.74) is 0.769. The summed E-state index contributed by atoms with van der Waals surface area (Å²) in [6.07, 6.45) is 0. The Morgan fingerprint density at radius 3 is 3.05 bits per heavy atom. The lowest BCUT2D eigenvalue weighted by atomic mass is 10.2. The lowest BCUT2D eigenvalue weighted by Crippen LogP contribution is -2.40. The summed E-state index contributed by atoms with van der Waals surface area (Å²) in [6.45, 7) is 1.69. The zero-order valence-corrected chi connectivity index (χ0v) is 12.1. The van der Waals surface area contributed by atoms with Crippen LogP contribution in [0.4, 0.5) is 5.69 Å². The minimum Gasteiger partial charge on any atom is -0.461 e. The molecule has 1 aromatic carbocycles. The molecule has 106 valence electrons. The number of carbonyl (C=O) groups is 1. The Bertz CT molecular complexity index is 591. The molecular formula is C12H11ClN2O4S. The van der Waals surface area contributed by atoms with Gasteiger partial charge in [0, 0.05) is 20.6 Å². The van der Waals surface area contributed by atoms with Gasteiger partial charge >= 0.3 is 12.0 Å². The van der Waals surface area contributed by atoms with Gasteiger partial charge in [-0.25, -0.2) is 9.79 Å². The molecule has 1 aromatic rings. The number of thioether (sulfide) groups is 1. The van der Waals surface area contributed by atoms with Crippen molar-refractivity contribution in [2.24, 2.45) is 4.99 Å². The normalized spacial score (nSPS) is 15.0. The van der Waals surface area contributed by atoms with Gasteiger partial charge in [-0.15, -0.1) is 11.8 Å². The molecule has 0 amide bonds. The second kappa shape index (κ2) is 6.23. The van der Waals surface area contributed by atoms with E-state index in [9.17, 15) is 14.9 Å². The van der Waals surface area contributed by atoms with Gasteiger partial charge in [-0.05, 0) is 25.1 Å². The minimum atomic E-state index is -1.55. The molecule has 1 heterocycles. The van der Waals surface area contributed by atoms with Crippen molar-refractivity contribution in [1.82, 2.24) is 0 Å². The standard InChI is InChI=1S/C12H11ClN2O4S/c1-2-19-12(16)11(15(17)18)9-6-20-10-5-7(13)3-4-8(10)14-9/h3-5,11H,2,6H2,1H3. The third kappa shape index (κ3) is 3.10. The molecule has 8 heteroatoms. The summed E-state index contributed by atoms with van der Waals surface area (Å²) < 4.78 is 4.73. The maximum absolute atomic E-state index is 11.7. The summed E-state index contributed by atoms with van der Waals surface area (Å²) in [5, 5.41) is 11.6. The molecule has 0 saturated carbocycles. The van der Waals surface area contributed by atoms with Crippen LogP contribution in [0.3, 0.4) is 0 Å². The van der Waals surface area contributed by atoms with E-state index < -0.39 is 16.9 Å². The fraction of sp³-hybridized carbons (Fsp3) is 0.333. The zero-order valence-electron chi connectivity index (χ0n) is 10.5. The van der Waals surface area contributed by atoms with Gasteiger partial charge in [-0.1, -0.05) is 11.6 Å². The van der Waals surface area contributed by atoms with Crippen molar-refractivity contribution in [2.75, 3.05) is 12.4 Å². The fourth-order valence-corrected chi connectivity index (χ4v) is 2.97. The highest BCUT2D eigenvalue weighted by Crippen LogP contribution is 2.36. The first-order valence-corrected chi connectivity index (χ1v) is 7.19. The number of rotatable bonds is 4. The van der Waals surface area contributed by atoms with Crippen molar-refractivity contribution in [3.05, 3.63) is 33.3 Å². The second-order valence-corrected chi connectivity index (χ2v) is 5.40. The molecule has 1 aliphatic rings. The van der Waals surface area contributed by atoms with Crippen LogP contribution in [0.15, 0.2) is 28.1 Å². The summed E-state index contributed by atoms with van der Waals surface area (Å²) >= 11 is 7.24. The Morgan fingerprint density at radius 2 is 2.40 bits per heavy atom. The van der Waals surface area contributed by atoms with Gasteiger partial charge < -0.3 is 4.74 Å². The molecule has 2 rings (SSSR count). The monoisotopic (exact) mass is 314 g/mol. The van der Waals surface area contributed by atoms with E-state index in [0.717, 1.165) is 4.90 Å². The second-order valence-electron chi connectivity index (χ2n) is 3.94. The van der Waals surface area contributed by atoms with Crippen LogP contribution in [0.25, 0.3) is 0 Å². The van der Waals surface area contributed by atoms with E-state index in [1.165, 1.54) is 11.8 Å². The van der Waals surface area contributed by atoms with Crippen LogP contribution in [0.1, 0.15) is 6.92 Å². The number of carbonyl (C=O) groups excluding carboxylic acids is 1. The maximum atomic E-state index is 11.7. The third-order valence-corrected chi connectivity index (χ3v) is 3.91. The summed E-state index contributed by atoms with van der Waals surface area (Å²) in [6, 6.07) is 3.52. The Hall–Kier alpha value is -1.60. The Morgan fingerprint density at radius 1 is 1.65 bits per heavy atom. The number of benzene rings is 1. The van der Waals surface area contributed by atoms with Gasteiger partial charge in [0.25, 0.3) is 0 Å². The molecule has 1 unspecified atom stereocenters. The summed E-state index contributed by atoms with van der Waals surface area (Å²) in [5.74, 6) is -0.619. The highest BCUT2D eigenvalue weighted by Gasteiger charge is 2.38. The van der Waals surface area contributed by atoms with Crippen molar-refractivity contribution in [2.45, 2.75) is 17.9 Å². The Kier molecular flexibility index (Phi) is 4.61. The van der Waals surface area contributed by atoms with E-state index in [4.69, 9.17) is 16.3 Å². The number of hydrogen-bond acceptors (Lipinski definition) is 6. The first kappa shape index (κ1) is 14.8. The number of nitro groups is 1. The van der Waals surface area contributed by atoms with Gasteiger partial charge in [0.2, 0.25) is 0 Å². The number of nitrogens with zero attached hydrogens (tertiary/aromatic N) is 2. The largest absolute Gasteiger partial charge is 0.461 e. The highest BCUT2D eigenvalue weighted by atomic mass is 35.5. The molecule has 6 nitrogen and oxygen atoms in total. The first-order chi connectivity index (χ1) is 9.52. The SMILES string of the molecule is CCOC(=O)C(C1=Nc2ccc(Cl)cc2SC1)[N+](=O)[O-]. The van der Waals surface area contributed by atoms with Crippen LogP contribution in [0.2, 0.25) is 5.02 Å². The predicted octanol–water partition coefficient (Wildman–Crippen LogP) is 2.73. The molecule has 1 aliphatic heterocycles. The lowest BCUT2D eigenvalue weighted by Gasteiger charge is -2.17. The van der Waals surface area contributed by atoms with Crippen LogP contribution < -0.4 is 0 Å². The average Bonchev–Trinajstić information content (AvgIpc) is 2.39. The van der Waals surface area contributed by atoms with Gasteiger partial charge in [0.15, 0.2) is 0 Å². The van der Waals surface area contributed by atoms with Crippen molar-refractivity contribution in [3.63, 3.8) is 0 Å². The molecule has 0 saturated heterocycles. The van der Waals surface area contributed by atoms with Crippen LogP contribution in [0, 0.1) is 10.1 Å². The molecule has 0 spiro atoms. The summed E-state index contributed by atoms with van der Waals surface area (Å²) in [7, 11) is 0. The molecule has 20 heavy (non-hydrogen) atoms. The summed E-state index contributed by atoms with van der Waals surface area (Å²) in [4.78, 5) is 27.1. The smallest absolute Gasteiger partial charge is 0.388 e. The van der Waals surface area contributed by atoms with Crippen molar-refractivity contribution in [1.29, 1.82) is 0 Å². The van der Waals surface area contributed by atoms with Crippen LogP contribution >= 0.6 is 23.4 Å². The van der Waals surface area contributed by atoms with E-state index in [-0.39, 0.29) is 18.1 Å². The van der Waals surface area contributed by atoms with Gasteiger partial charge in [-0.2, -0.15) is 0 Å². The molecule has 0 radical (unpaired) electrons. The quantitative estimate of drug-likeness (QED) is 0.485. The third-order valence-electron chi connectivity index (χ3n) is 2.60. The topological polar surface area (TPSA) is 81.8 Å². The molecule has 0 fully saturated rings. The predicted molar refractivity (Wildman–Crippen MR) is 76.7 cm³/mol. The molecule has 1 atom stereocenters. The van der Waals surface area contributed by atoms with Crippen LogP contribution in [-0.2, 0) is 9.53 Å². The van der Waals surface area contributed by atoms with Gasteiger partial charge in [0.05, 0.1) is 12.3 Å². The number of halogens is 1. The van der Waals surface area contributed by atoms with Crippen LogP contribution in [-0.4, -0.2) is 35.0 Å².